The molecule has 2 rings (SSSR count). The Hall–Kier alpha value is -2.13. The summed E-state index contributed by atoms with van der Waals surface area (Å²) in [5.41, 5.74) is 0.916. The van der Waals surface area contributed by atoms with E-state index in [2.05, 4.69) is 15.0 Å². The van der Waals surface area contributed by atoms with Gasteiger partial charge >= 0.3 is 5.97 Å². The summed E-state index contributed by atoms with van der Waals surface area (Å²) in [6, 6.07) is 9.40. The number of likely N-dealkylation sites (tertiary alicyclic amines) is 1. The molecule has 1 aliphatic rings. The second kappa shape index (κ2) is 11.0. The van der Waals surface area contributed by atoms with Crippen molar-refractivity contribution in [1.82, 2.24) is 14.9 Å². The molecule has 1 fully saturated rings. The van der Waals surface area contributed by atoms with E-state index in [0.29, 0.717) is 38.5 Å². The molecule has 1 aromatic carbocycles. The number of esters is 1. The third-order valence-electron chi connectivity index (χ3n) is 4.62. The number of piperidine rings is 1. The molecule has 8 nitrogen and oxygen atoms in total. The number of benzene rings is 1. The van der Waals surface area contributed by atoms with Crippen molar-refractivity contribution < 1.29 is 17.9 Å². The van der Waals surface area contributed by atoms with Gasteiger partial charge in [0.05, 0.1) is 18.3 Å². The van der Waals surface area contributed by atoms with Gasteiger partial charge in [-0.3, -0.25) is 9.79 Å². The van der Waals surface area contributed by atoms with Crippen LogP contribution >= 0.6 is 0 Å². The lowest BCUT2D eigenvalue weighted by Gasteiger charge is -2.33. The van der Waals surface area contributed by atoms with Crippen LogP contribution in [-0.4, -0.2) is 64.3 Å². The van der Waals surface area contributed by atoms with Gasteiger partial charge in [-0.05, 0) is 25.3 Å². The maximum atomic E-state index is 12.2. The van der Waals surface area contributed by atoms with Crippen LogP contribution < -0.4 is 10.0 Å². The Morgan fingerprint density at radius 3 is 2.54 bits per heavy atom. The number of ether oxygens (including phenoxy) is 1. The number of sulfonamides is 1. The molecule has 1 aliphatic heterocycles. The highest BCUT2D eigenvalue weighted by atomic mass is 32.2. The molecule has 0 amide bonds. The van der Waals surface area contributed by atoms with Crippen LogP contribution in [0.5, 0.6) is 0 Å². The number of nitrogens with one attached hydrogen (secondary N) is 2. The van der Waals surface area contributed by atoms with Crippen molar-refractivity contribution in [3.05, 3.63) is 35.9 Å². The summed E-state index contributed by atoms with van der Waals surface area (Å²) < 4.78 is 32.0. The Kier molecular flexibility index (Phi) is 8.72. The van der Waals surface area contributed by atoms with Gasteiger partial charge < -0.3 is 15.0 Å². The van der Waals surface area contributed by atoms with Crippen molar-refractivity contribution in [2.24, 2.45) is 10.9 Å². The van der Waals surface area contributed by atoms with Crippen LogP contribution in [0.25, 0.3) is 0 Å². The maximum Gasteiger partial charge on any atom is 0.309 e. The number of nitrogens with zero attached hydrogens (tertiary/aromatic N) is 2. The Morgan fingerprint density at radius 1 is 1.25 bits per heavy atom. The van der Waals surface area contributed by atoms with Gasteiger partial charge in [0.15, 0.2) is 5.96 Å². The van der Waals surface area contributed by atoms with E-state index >= 15 is 0 Å². The van der Waals surface area contributed by atoms with Crippen LogP contribution in [0.3, 0.4) is 0 Å². The molecule has 156 valence electrons. The van der Waals surface area contributed by atoms with Gasteiger partial charge in [0.25, 0.3) is 0 Å². The van der Waals surface area contributed by atoms with Crippen LogP contribution in [0, 0.1) is 5.92 Å². The van der Waals surface area contributed by atoms with Gasteiger partial charge in [0.2, 0.25) is 10.0 Å². The van der Waals surface area contributed by atoms with E-state index in [1.807, 2.05) is 42.2 Å². The Bertz CT molecular complexity index is 744. The van der Waals surface area contributed by atoms with Crippen LogP contribution in [0.4, 0.5) is 0 Å². The average Bonchev–Trinajstić information content (AvgIpc) is 2.71. The van der Waals surface area contributed by atoms with Crippen LogP contribution in [-0.2, 0) is 26.1 Å². The summed E-state index contributed by atoms with van der Waals surface area (Å²) in [6.45, 7) is 4.11. The van der Waals surface area contributed by atoms with Gasteiger partial charge in [-0.1, -0.05) is 30.3 Å². The first-order chi connectivity index (χ1) is 13.4. The summed E-state index contributed by atoms with van der Waals surface area (Å²) in [6.07, 6.45) is 1.41. The monoisotopic (exact) mass is 410 g/mol. The quantitative estimate of drug-likeness (QED) is 0.376. The number of carbonyl (C=O) groups excluding carboxylic acids is 1. The number of aliphatic imine (C=N–C) groups is 1. The second-order valence-corrected chi connectivity index (χ2v) is 8.54. The molecule has 0 bridgehead atoms. The minimum Gasteiger partial charge on any atom is -0.466 e. The summed E-state index contributed by atoms with van der Waals surface area (Å²) in [7, 11) is -1.72. The van der Waals surface area contributed by atoms with Crippen LogP contribution in [0.15, 0.2) is 35.3 Å². The molecule has 1 heterocycles. The van der Waals surface area contributed by atoms with E-state index in [-0.39, 0.29) is 30.7 Å². The molecule has 28 heavy (non-hydrogen) atoms. The van der Waals surface area contributed by atoms with Crippen molar-refractivity contribution in [2.45, 2.75) is 26.3 Å². The molecular formula is C19H30N4O4S. The van der Waals surface area contributed by atoms with E-state index in [1.54, 1.807) is 7.05 Å². The van der Waals surface area contributed by atoms with Crippen molar-refractivity contribution in [1.29, 1.82) is 0 Å². The minimum absolute atomic E-state index is 0.0435. The zero-order valence-electron chi connectivity index (χ0n) is 16.6. The van der Waals surface area contributed by atoms with E-state index in [0.717, 1.165) is 5.56 Å². The zero-order chi connectivity index (χ0) is 20.4. The third-order valence-corrected chi connectivity index (χ3v) is 5.94. The molecule has 0 atom stereocenters. The first-order valence-corrected chi connectivity index (χ1v) is 11.2. The molecule has 1 saturated heterocycles. The molecule has 2 N–H and O–H groups in total. The molecule has 1 aromatic rings. The molecular weight excluding hydrogens is 380 g/mol. The van der Waals surface area contributed by atoms with Gasteiger partial charge in [0.1, 0.15) is 0 Å². The summed E-state index contributed by atoms with van der Waals surface area (Å²) in [4.78, 5) is 18.1. The fourth-order valence-corrected chi connectivity index (χ4v) is 3.98. The topological polar surface area (TPSA) is 100 Å². The molecule has 0 saturated carbocycles. The summed E-state index contributed by atoms with van der Waals surface area (Å²) >= 11 is 0. The Labute approximate surface area is 167 Å². The minimum atomic E-state index is -3.39. The normalized spacial score (nSPS) is 16.1. The van der Waals surface area contributed by atoms with E-state index in [9.17, 15) is 13.2 Å². The zero-order valence-corrected chi connectivity index (χ0v) is 17.4. The highest BCUT2D eigenvalue weighted by molar-refractivity contribution is 7.89. The van der Waals surface area contributed by atoms with Gasteiger partial charge in [-0.2, -0.15) is 0 Å². The number of guanidine groups is 1. The number of carbonyl (C=O) groups is 1. The third kappa shape index (κ3) is 7.12. The fraction of sp³-hybridized carbons (Fsp3) is 0.579. The lowest BCUT2D eigenvalue weighted by Crippen LogP contribution is -2.48. The molecule has 0 spiro atoms. The predicted octanol–water partition coefficient (Wildman–Crippen LogP) is 0.957. The van der Waals surface area contributed by atoms with E-state index < -0.39 is 10.0 Å². The van der Waals surface area contributed by atoms with Crippen molar-refractivity contribution in [2.75, 3.05) is 39.0 Å². The largest absolute Gasteiger partial charge is 0.466 e. The van der Waals surface area contributed by atoms with Gasteiger partial charge in [0, 0.05) is 33.2 Å². The van der Waals surface area contributed by atoms with E-state index in [1.165, 1.54) is 0 Å². The molecule has 0 radical (unpaired) electrons. The van der Waals surface area contributed by atoms with Gasteiger partial charge in [-0.25, -0.2) is 13.1 Å². The van der Waals surface area contributed by atoms with Crippen LogP contribution in [0.1, 0.15) is 25.3 Å². The Balaban J connectivity index is 1.74. The number of hydrogen-bond acceptors (Lipinski definition) is 5. The van der Waals surface area contributed by atoms with Crippen LogP contribution in [0.2, 0.25) is 0 Å². The smallest absolute Gasteiger partial charge is 0.309 e. The highest BCUT2D eigenvalue weighted by Crippen LogP contribution is 2.18. The summed E-state index contributed by atoms with van der Waals surface area (Å²) in [5, 5.41) is 3.10. The first-order valence-electron chi connectivity index (χ1n) is 9.58. The first kappa shape index (κ1) is 22.2. The fourth-order valence-electron chi connectivity index (χ4n) is 3.08. The van der Waals surface area contributed by atoms with Crippen molar-refractivity contribution in [3.8, 4) is 0 Å². The lowest BCUT2D eigenvalue weighted by atomic mass is 9.97. The SMILES string of the molecule is CCOC(=O)C1CCN(C(=NC)NCCS(=O)(=O)NCc2ccccc2)CC1. The van der Waals surface area contributed by atoms with Crippen molar-refractivity contribution >= 4 is 22.0 Å². The van der Waals surface area contributed by atoms with E-state index in [4.69, 9.17) is 4.74 Å². The molecule has 0 aliphatic carbocycles. The molecule has 0 aromatic heterocycles. The van der Waals surface area contributed by atoms with Gasteiger partial charge in [-0.15, -0.1) is 0 Å². The highest BCUT2D eigenvalue weighted by Gasteiger charge is 2.27. The molecule has 0 unspecified atom stereocenters. The number of rotatable bonds is 8. The number of hydrogen-bond donors (Lipinski definition) is 2. The standard InChI is InChI=1S/C19H30N4O4S/c1-3-27-18(24)17-9-12-23(13-10-17)19(20-2)21-11-14-28(25,26)22-15-16-7-5-4-6-8-16/h4-8,17,22H,3,9-15H2,1-2H3,(H,20,21). The Morgan fingerprint density at radius 2 is 1.93 bits per heavy atom. The maximum absolute atomic E-state index is 12.2. The second-order valence-electron chi connectivity index (χ2n) is 6.61. The van der Waals surface area contributed by atoms with Crippen molar-refractivity contribution in [3.63, 3.8) is 0 Å². The average molecular weight is 411 g/mol. The lowest BCUT2D eigenvalue weighted by molar-refractivity contribution is -0.149. The predicted molar refractivity (Wildman–Crippen MR) is 109 cm³/mol. The molecule has 9 heteroatoms. The summed E-state index contributed by atoms with van der Waals surface area (Å²) in [5.74, 6) is 0.399.